The molecule has 20 heavy (non-hydrogen) atoms. The monoisotopic (exact) mass is 287 g/mol. The highest BCUT2D eigenvalue weighted by molar-refractivity contribution is 5.97. The summed E-state index contributed by atoms with van der Waals surface area (Å²) in [5.41, 5.74) is 0.156. The van der Waals surface area contributed by atoms with Gasteiger partial charge in [-0.05, 0) is 18.2 Å². The van der Waals surface area contributed by atoms with E-state index < -0.39 is 11.6 Å². The molecule has 1 aromatic rings. The minimum atomic E-state index is -1.02. The summed E-state index contributed by atoms with van der Waals surface area (Å²) in [6, 6.07) is 3.16. The summed E-state index contributed by atoms with van der Waals surface area (Å²) >= 11 is 0. The zero-order chi connectivity index (χ0) is 15.0. The van der Waals surface area contributed by atoms with E-state index in [0.29, 0.717) is 26.3 Å². The maximum atomic E-state index is 13.1. The van der Waals surface area contributed by atoms with Gasteiger partial charge in [0.1, 0.15) is 0 Å². The van der Waals surface area contributed by atoms with Crippen LogP contribution in [0.2, 0.25) is 0 Å². The van der Waals surface area contributed by atoms with Crippen molar-refractivity contribution in [3.63, 3.8) is 0 Å². The summed E-state index contributed by atoms with van der Waals surface area (Å²) in [6.07, 6.45) is 0. The van der Waals surface area contributed by atoms with Gasteiger partial charge in [0.2, 0.25) is 0 Å². The number of hydrogen-bond acceptors (Lipinski definition) is 4. The lowest BCUT2D eigenvalue weighted by Gasteiger charge is -2.20. The van der Waals surface area contributed by atoms with Crippen molar-refractivity contribution in [3.8, 4) is 0 Å². The summed E-state index contributed by atoms with van der Waals surface area (Å²) in [7, 11) is 3.15. The number of ether oxygens (including phenoxy) is 2. The third kappa shape index (κ3) is 5.32. The topological polar surface area (TPSA) is 38.8 Å². The minimum absolute atomic E-state index is 0.109. The van der Waals surface area contributed by atoms with Gasteiger partial charge in [-0.1, -0.05) is 0 Å². The molecule has 0 saturated heterocycles. The van der Waals surface area contributed by atoms with Crippen LogP contribution in [-0.2, 0) is 9.47 Å². The van der Waals surface area contributed by atoms with Crippen molar-refractivity contribution < 1.29 is 23.0 Å². The molecule has 0 aliphatic heterocycles. The summed E-state index contributed by atoms with van der Waals surface area (Å²) in [5.74, 6) is -2.25. The van der Waals surface area contributed by atoms with E-state index in [1.54, 1.807) is 14.2 Å². The maximum absolute atomic E-state index is 13.1. The third-order valence-corrected chi connectivity index (χ3v) is 2.83. The highest BCUT2D eigenvalue weighted by Crippen LogP contribution is 2.10. The van der Waals surface area contributed by atoms with Gasteiger partial charge in [-0.2, -0.15) is 0 Å². The minimum Gasteiger partial charge on any atom is -0.383 e. The number of benzene rings is 1. The van der Waals surface area contributed by atoms with Crippen LogP contribution in [0.3, 0.4) is 0 Å². The first-order valence-corrected chi connectivity index (χ1v) is 6.27. The van der Waals surface area contributed by atoms with Gasteiger partial charge in [-0.3, -0.25) is 9.69 Å². The van der Waals surface area contributed by atoms with Gasteiger partial charge < -0.3 is 9.47 Å². The molecular weight excluding hydrogens is 268 g/mol. The van der Waals surface area contributed by atoms with E-state index in [1.165, 1.54) is 6.07 Å². The lowest BCUT2D eigenvalue weighted by atomic mass is 10.1. The number of carbonyl (C=O) groups is 1. The molecule has 0 N–H and O–H groups in total. The summed E-state index contributed by atoms with van der Waals surface area (Å²) in [6.45, 7) is 2.20. The van der Waals surface area contributed by atoms with Gasteiger partial charge in [0.05, 0.1) is 19.8 Å². The van der Waals surface area contributed by atoms with Gasteiger partial charge in [-0.15, -0.1) is 0 Å². The zero-order valence-electron chi connectivity index (χ0n) is 11.7. The maximum Gasteiger partial charge on any atom is 0.176 e. The smallest absolute Gasteiger partial charge is 0.176 e. The fraction of sp³-hybridized carbons (Fsp3) is 0.500. The van der Waals surface area contributed by atoms with Crippen LogP contribution < -0.4 is 0 Å². The Kier molecular flexibility index (Phi) is 7.28. The summed E-state index contributed by atoms with van der Waals surface area (Å²) in [5, 5.41) is 0. The van der Waals surface area contributed by atoms with Gasteiger partial charge in [-0.25, -0.2) is 8.78 Å². The van der Waals surface area contributed by atoms with Crippen LogP contribution in [0, 0.1) is 11.6 Å². The highest BCUT2D eigenvalue weighted by atomic mass is 19.2. The zero-order valence-corrected chi connectivity index (χ0v) is 11.7. The lowest BCUT2D eigenvalue weighted by Crippen LogP contribution is -2.35. The molecule has 0 fully saturated rings. The van der Waals surface area contributed by atoms with Crippen LogP contribution in [0.4, 0.5) is 8.78 Å². The molecule has 1 rings (SSSR count). The van der Waals surface area contributed by atoms with Gasteiger partial charge in [0.25, 0.3) is 0 Å². The van der Waals surface area contributed by atoms with E-state index in [4.69, 9.17) is 9.47 Å². The van der Waals surface area contributed by atoms with Crippen LogP contribution in [0.25, 0.3) is 0 Å². The van der Waals surface area contributed by atoms with E-state index >= 15 is 0 Å². The van der Waals surface area contributed by atoms with Crippen molar-refractivity contribution in [2.24, 2.45) is 0 Å². The van der Waals surface area contributed by atoms with Crippen LogP contribution >= 0.6 is 0 Å². The Balaban J connectivity index is 2.65. The van der Waals surface area contributed by atoms with Crippen molar-refractivity contribution >= 4 is 5.78 Å². The second-order valence-corrected chi connectivity index (χ2v) is 4.31. The van der Waals surface area contributed by atoms with E-state index in [2.05, 4.69) is 0 Å². The molecule has 1 aromatic carbocycles. The summed E-state index contributed by atoms with van der Waals surface area (Å²) < 4.78 is 35.9. The first kappa shape index (κ1) is 16.7. The Morgan fingerprint density at radius 1 is 1.10 bits per heavy atom. The Morgan fingerprint density at radius 3 is 2.20 bits per heavy atom. The Bertz CT molecular complexity index is 432. The average molecular weight is 287 g/mol. The molecular formula is C14H19F2NO3. The molecule has 0 radical (unpaired) electrons. The molecule has 4 nitrogen and oxygen atoms in total. The van der Waals surface area contributed by atoms with Crippen molar-refractivity contribution in [1.82, 2.24) is 4.90 Å². The molecule has 0 atom stereocenters. The van der Waals surface area contributed by atoms with E-state index in [9.17, 15) is 13.6 Å². The van der Waals surface area contributed by atoms with Gasteiger partial charge in [0.15, 0.2) is 17.4 Å². The molecule has 0 aliphatic rings. The Labute approximate surface area is 117 Å². The Morgan fingerprint density at radius 2 is 1.70 bits per heavy atom. The highest BCUT2D eigenvalue weighted by Gasteiger charge is 2.14. The van der Waals surface area contributed by atoms with E-state index in [-0.39, 0.29) is 17.9 Å². The first-order valence-electron chi connectivity index (χ1n) is 6.27. The number of carbonyl (C=O) groups excluding carboxylic acids is 1. The molecule has 0 spiro atoms. The second-order valence-electron chi connectivity index (χ2n) is 4.31. The number of methoxy groups -OCH3 is 2. The molecule has 0 amide bonds. The largest absolute Gasteiger partial charge is 0.383 e. The van der Waals surface area contributed by atoms with Crippen LogP contribution in [0.15, 0.2) is 18.2 Å². The second kappa shape index (κ2) is 8.73. The molecule has 6 heteroatoms. The number of hydrogen-bond donors (Lipinski definition) is 0. The SMILES string of the molecule is COCCN(CCOC)CC(=O)c1ccc(F)c(F)c1. The van der Waals surface area contributed by atoms with Gasteiger partial charge >= 0.3 is 0 Å². The van der Waals surface area contributed by atoms with Crippen LogP contribution in [-0.4, -0.2) is 57.8 Å². The van der Waals surface area contributed by atoms with Crippen LogP contribution in [0.1, 0.15) is 10.4 Å². The third-order valence-electron chi connectivity index (χ3n) is 2.83. The summed E-state index contributed by atoms with van der Waals surface area (Å²) in [4.78, 5) is 13.9. The predicted molar refractivity (Wildman–Crippen MR) is 70.9 cm³/mol. The fourth-order valence-electron chi connectivity index (χ4n) is 1.67. The normalized spacial score (nSPS) is 11.1. The molecule has 0 saturated carbocycles. The van der Waals surface area contributed by atoms with Crippen molar-refractivity contribution in [2.45, 2.75) is 0 Å². The standard InChI is InChI=1S/C14H19F2NO3/c1-19-7-5-17(6-8-20-2)10-14(18)11-3-4-12(15)13(16)9-11/h3-4,9H,5-8,10H2,1-2H3. The lowest BCUT2D eigenvalue weighted by molar-refractivity contribution is 0.0836. The molecule has 112 valence electrons. The first-order chi connectivity index (χ1) is 9.58. The average Bonchev–Trinajstić information content (AvgIpc) is 2.44. The predicted octanol–water partition coefficient (Wildman–Crippen LogP) is 1.74. The number of Topliss-reactive ketones (excluding diaryl/α,β-unsaturated/α-hetero) is 1. The molecule has 0 aliphatic carbocycles. The quantitative estimate of drug-likeness (QED) is 0.649. The van der Waals surface area contributed by atoms with Crippen molar-refractivity contribution in [1.29, 1.82) is 0 Å². The molecule has 0 heterocycles. The van der Waals surface area contributed by atoms with Crippen molar-refractivity contribution in [2.75, 3.05) is 47.1 Å². The number of ketones is 1. The van der Waals surface area contributed by atoms with E-state index in [0.717, 1.165) is 12.1 Å². The number of rotatable bonds is 9. The van der Waals surface area contributed by atoms with Crippen molar-refractivity contribution in [3.05, 3.63) is 35.4 Å². The van der Waals surface area contributed by atoms with E-state index in [1.807, 2.05) is 4.90 Å². The molecule has 0 aromatic heterocycles. The van der Waals surface area contributed by atoms with Gasteiger partial charge in [0, 0.05) is 32.9 Å². The number of halogens is 2. The fourth-order valence-corrected chi connectivity index (χ4v) is 1.67. The molecule has 0 bridgehead atoms. The molecule has 0 unspecified atom stereocenters. The van der Waals surface area contributed by atoms with Crippen LogP contribution in [0.5, 0.6) is 0 Å². The Hall–Kier alpha value is -1.37. The number of nitrogens with zero attached hydrogens (tertiary/aromatic N) is 1.